The van der Waals surface area contributed by atoms with Crippen molar-refractivity contribution in [2.24, 2.45) is 0 Å². The number of amides is 3. The first-order valence-corrected chi connectivity index (χ1v) is 7.65. The van der Waals surface area contributed by atoms with Crippen molar-refractivity contribution < 1.29 is 14.4 Å². The SMILES string of the molecule is Nc1ccc(Cl)c(NC(=O)CCN2C(=O)c3ccccc3C2=O)c1. The predicted molar refractivity (Wildman–Crippen MR) is 90.9 cm³/mol. The van der Waals surface area contributed by atoms with Crippen molar-refractivity contribution in [3.05, 3.63) is 58.6 Å². The molecule has 0 radical (unpaired) electrons. The zero-order valence-electron chi connectivity index (χ0n) is 12.6. The summed E-state index contributed by atoms with van der Waals surface area (Å²) < 4.78 is 0. The number of halogens is 1. The molecule has 0 aliphatic carbocycles. The third kappa shape index (κ3) is 2.96. The Morgan fingerprint density at radius 1 is 1.08 bits per heavy atom. The van der Waals surface area contributed by atoms with Gasteiger partial charge in [-0.15, -0.1) is 0 Å². The van der Waals surface area contributed by atoms with Crippen molar-refractivity contribution in [1.29, 1.82) is 0 Å². The summed E-state index contributed by atoms with van der Waals surface area (Å²) in [5.41, 5.74) is 7.24. The van der Waals surface area contributed by atoms with E-state index in [0.29, 0.717) is 27.5 Å². The summed E-state index contributed by atoms with van der Waals surface area (Å²) in [6, 6.07) is 11.3. The molecule has 122 valence electrons. The second-order valence-electron chi connectivity index (χ2n) is 5.34. The van der Waals surface area contributed by atoms with Crippen LogP contribution in [0.1, 0.15) is 27.1 Å². The van der Waals surface area contributed by atoms with E-state index in [0.717, 1.165) is 4.90 Å². The third-order valence-electron chi connectivity index (χ3n) is 3.71. The summed E-state index contributed by atoms with van der Waals surface area (Å²) in [5.74, 6) is -1.13. The van der Waals surface area contributed by atoms with Crippen molar-refractivity contribution in [3.8, 4) is 0 Å². The number of nitrogens with zero attached hydrogens (tertiary/aromatic N) is 1. The van der Waals surface area contributed by atoms with E-state index in [2.05, 4.69) is 5.32 Å². The zero-order chi connectivity index (χ0) is 17.3. The molecule has 0 atom stereocenters. The number of hydrogen-bond acceptors (Lipinski definition) is 4. The van der Waals surface area contributed by atoms with Crippen LogP contribution in [0.25, 0.3) is 0 Å². The Morgan fingerprint density at radius 2 is 1.71 bits per heavy atom. The summed E-state index contributed by atoms with van der Waals surface area (Å²) in [6.45, 7) is -0.00187. The number of nitrogen functional groups attached to an aromatic ring is 1. The van der Waals surface area contributed by atoms with Crippen molar-refractivity contribution >= 4 is 40.7 Å². The van der Waals surface area contributed by atoms with Gasteiger partial charge >= 0.3 is 0 Å². The van der Waals surface area contributed by atoms with Crippen LogP contribution in [0.4, 0.5) is 11.4 Å². The molecule has 0 saturated carbocycles. The highest BCUT2D eigenvalue weighted by molar-refractivity contribution is 6.33. The molecule has 1 heterocycles. The van der Waals surface area contributed by atoms with Crippen LogP contribution in [0.3, 0.4) is 0 Å². The van der Waals surface area contributed by atoms with Crippen molar-refractivity contribution in [1.82, 2.24) is 4.90 Å². The second kappa shape index (κ2) is 6.33. The molecule has 1 aliphatic rings. The predicted octanol–water partition coefficient (Wildman–Crippen LogP) is 2.55. The van der Waals surface area contributed by atoms with Gasteiger partial charge in [0.2, 0.25) is 5.91 Å². The number of carbonyl (C=O) groups excluding carboxylic acids is 3. The fourth-order valence-electron chi connectivity index (χ4n) is 2.51. The van der Waals surface area contributed by atoms with Gasteiger partial charge in [-0.2, -0.15) is 0 Å². The Kier molecular flexibility index (Phi) is 4.22. The van der Waals surface area contributed by atoms with Gasteiger partial charge in [0.25, 0.3) is 11.8 Å². The molecule has 2 aromatic carbocycles. The van der Waals surface area contributed by atoms with E-state index in [4.69, 9.17) is 17.3 Å². The van der Waals surface area contributed by atoms with Gasteiger partial charge in [-0.3, -0.25) is 19.3 Å². The smallest absolute Gasteiger partial charge is 0.261 e. The highest BCUT2D eigenvalue weighted by Gasteiger charge is 2.34. The van der Waals surface area contributed by atoms with Crippen LogP contribution in [-0.4, -0.2) is 29.2 Å². The monoisotopic (exact) mass is 343 g/mol. The van der Waals surface area contributed by atoms with Crippen LogP contribution in [0.15, 0.2) is 42.5 Å². The van der Waals surface area contributed by atoms with Crippen LogP contribution in [-0.2, 0) is 4.79 Å². The maximum atomic E-state index is 12.2. The molecule has 0 spiro atoms. The van der Waals surface area contributed by atoms with E-state index in [1.807, 2.05) is 0 Å². The fourth-order valence-corrected chi connectivity index (χ4v) is 2.67. The molecule has 6 nitrogen and oxygen atoms in total. The van der Waals surface area contributed by atoms with Gasteiger partial charge < -0.3 is 11.1 Å². The molecular formula is C17H14ClN3O3. The lowest BCUT2D eigenvalue weighted by Gasteiger charge is -2.14. The van der Waals surface area contributed by atoms with Gasteiger partial charge in [0.1, 0.15) is 0 Å². The third-order valence-corrected chi connectivity index (χ3v) is 4.03. The van der Waals surface area contributed by atoms with Gasteiger partial charge in [0, 0.05) is 18.7 Å². The minimum Gasteiger partial charge on any atom is -0.399 e. The molecule has 0 unspecified atom stereocenters. The first kappa shape index (κ1) is 16.0. The first-order valence-electron chi connectivity index (χ1n) is 7.27. The Bertz CT molecular complexity index is 816. The topological polar surface area (TPSA) is 92.5 Å². The van der Waals surface area contributed by atoms with E-state index in [-0.39, 0.29) is 30.7 Å². The van der Waals surface area contributed by atoms with Gasteiger partial charge in [0.05, 0.1) is 21.8 Å². The van der Waals surface area contributed by atoms with E-state index in [9.17, 15) is 14.4 Å². The minimum atomic E-state index is -0.384. The number of benzene rings is 2. The quantitative estimate of drug-likeness (QED) is 0.659. The van der Waals surface area contributed by atoms with Crippen molar-refractivity contribution in [2.45, 2.75) is 6.42 Å². The lowest BCUT2D eigenvalue weighted by molar-refractivity contribution is -0.116. The Balaban J connectivity index is 1.64. The number of anilines is 2. The van der Waals surface area contributed by atoms with E-state index in [1.54, 1.807) is 42.5 Å². The number of fused-ring (bicyclic) bond motifs is 1. The molecule has 0 fully saturated rings. The molecule has 0 saturated heterocycles. The zero-order valence-corrected chi connectivity index (χ0v) is 13.3. The number of imide groups is 1. The summed E-state index contributed by atoms with van der Waals surface area (Å²) >= 11 is 5.99. The molecule has 2 aromatic rings. The summed E-state index contributed by atoms with van der Waals surface area (Å²) in [5, 5.41) is 2.99. The summed E-state index contributed by atoms with van der Waals surface area (Å²) in [7, 11) is 0. The van der Waals surface area contributed by atoms with E-state index in [1.165, 1.54) is 0 Å². The van der Waals surface area contributed by atoms with Crippen molar-refractivity contribution in [2.75, 3.05) is 17.6 Å². The number of rotatable bonds is 4. The molecule has 0 bridgehead atoms. The van der Waals surface area contributed by atoms with Gasteiger partial charge in [-0.25, -0.2) is 0 Å². The molecule has 7 heteroatoms. The normalized spacial score (nSPS) is 13.1. The van der Waals surface area contributed by atoms with Crippen LogP contribution >= 0.6 is 11.6 Å². The highest BCUT2D eigenvalue weighted by Crippen LogP contribution is 2.25. The number of nitrogens with two attached hydrogens (primary N) is 1. The molecule has 24 heavy (non-hydrogen) atoms. The van der Waals surface area contributed by atoms with Crippen LogP contribution in [0.2, 0.25) is 5.02 Å². The number of carbonyl (C=O) groups is 3. The summed E-state index contributed by atoms with van der Waals surface area (Å²) in [4.78, 5) is 37.6. The average molecular weight is 344 g/mol. The van der Waals surface area contributed by atoms with E-state index < -0.39 is 0 Å². The maximum absolute atomic E-state index is 12.2. The van der Waals surface area contributed by atoms with Crippen LogP contribution in [0, 0.1) is 0 Å². The van der Waals surface area contributed by atoms with Crippen LogP contribution < -0.4 is 11.1 Å². The Morgan fingerprint density at radius 3 is 2.33 bits per heavy atom. The number of nitrogens with one attached hydrogen (secondary N) is 1. The minimum absolute atomic E-state index is 0.00187. The highest BCUT2D eigenvalue weighted by atomic mass is 35.5. The Labute approximate surface area is 143 Å². The molecule has 1 aliphatic heterocycles. The van der Waals surface area contributed by atoms with Gasteiger partial charge in [-0.05, 0) is 30.3 Å². The second-order valence-corrected chi connectivity index (χ2v) is 5.75. The van der Waals surface area contributed by atoms with E-state index >= 15 is 0 Å². The largest absolute Gasteiger partial charge is 0.399 e. The van der Waals surface area contributed by atoms with Crippen LogP contribution in [0.5, 0.6) is 0 Å². The lowest BCUT2D eigenvalue weighted by atomic mass is 10.1. The van der Waals surface area contributed by atoms with Crippen molar-refractivity contribution in [3.63, 3.8) is 0 Å². The fraction of sp³-hybridized carbons (Fsp3) is 0.118. The molecule has 0 aromatic heterocycles. The maximum Gasteiger partial charge on any atom is 0.261 e. The summed E-state index contributed by atoms with van der Waals surface area (Å²) in [6.07, 6.45) is -0.0312. The lowest BCUT2D eigenvalue weighted by Crippen LogP contribution is -2.32. The average Bonchev–Trinajstić information content (AvgIpc) is 2.81. The molecule has 3 rings (SSSR count). The molecular weight excluding hydrogens is 330 g/mol. The molecule has 3 amide bonds. The number of hydrogen-bond donors (Lipinski definition) is 2. The van der Waals surface area contributed by atoms with Gasteiger partial charge in [0.15, 0.2) is 0 Å². The standard InChI is InChI=1S/C17H14ClN3O3/c18-13-6-5-10(19)9-14(13)20-15(22)7-8-21-16(23)11-3-1-2-4-12(11)17(21)24/h1-6,9H,7-8,19H2,(H,20,22). The Hall–Kier alpha value is -2.86. The van der Waals surface area contributed by atoms with Gasteiger partial charge in [-0.1, -0.05) is 23.7 Å². The molecule has 3 N–H and O–H groups in total. The first-order chi connectivity index (χ1) is 11.5.